The molecule has 2 aromatic carbocycles. The molecule has 0 aromatic heterocycles. The van der Waals surface area contributed by atoms with Crippen LogP contribution in [0.2, 0.25) is 5.02 Å². The van der Waals surface area contributed by atoms with Gasteiger partial charge >= 0.3 is 6.18 Å². The third-order valence-corrected chi connectivity index (χ3v) is 2.61. The second-order valence-electron chi connectivity index (χ2n) is 3.71. The van der Waals surface area contributed by atoms with Crippen LogP contribution in [0.15, 0.2) is 48.5 Å². The number of anilines is 1. The van der Waals surface area contributed by atoms with Crippen LogP contribution in [0.4, 0.5) is 18.9 Å². The number of hydrogen-bond acceptors (Lipinski definition) is 2. The normalized spacial score (nSPS) is 11.2. The lowest BCUT2D eigenvalue weighted by Crippen LogP contribution is -2.07. The number of hydrogen-bond donors (Lipinski definition) is 1. The molecule has 2 aromatic rings. The van der Waals surface area contributed by atoms with Gasteiger partial charge in [0.25, 0.3) is 0 Å². The fourth-order valence-electron chi connectivity index (χ4n) is 1.38. The van der Waals surface area contributed by atoms with Gasteiger partial charge in [0.05, 0.1) is 16.3 Å². The van der Waals surface area contributed by atoms with E-state index in [4.69, 9.17) is 16.4 Å². The minimum Gasteiger partial charge on any atom is -0.381 e. The van der Waals surface area contributed by atoms with Crippen molar-refractivity contribution in [3.05, 3.63) is 59.1 Å². The standard InChI is InChI=1S/C13H9ClF3NO/c14-11-8-9(13(15,16)17)6-7-12(11)19-18-10-4-2-1-3-5-10/h1-8,18H. The molecule has 100 valence electrons. The van der Waals surface area contributed by atoms with Gasteiger partial charge < -0.3 is 4.84 Å². The molecule has 0 saturated heterocycles. The van der Waals surface area contributed by atoms with E-state index in [2.05, 4.69) is 5.48 Å². The molecule has 0 unspecified atom stereocenters. The highest BCUT2D eigenvalue weighted by molar-refractivity contribution is 6.32. The Morgan fingerprint density at radius 3 is 2.26 bits per heavy atom. The highest BCUT2D eigenvalue weighted by atomic mass is 35.5. The molecule has 0 amide bonds. The zero-order valence-corrected chi connectivity index (χ0v) is 10.3. The van der Waals surface area contributed by atoms with Crippen LogP contribution in [0, 0.1) is 0 Å². The van der Waals surface area contributed by atoms with Gasteiger partial charge in [-0.15, -0.1) is 0 Å². The summed E-state index contributed by atoms with van der Waals surface area (Å²) in [7, 11) is 0. The van der Waals surface area contributed by atoms with Crippen LogP contribution >= 0.6 is 11.6 Å². The highest BCUT2D eigenvalue weighted by Crippen LogP contribution is 2.34. The second kappa shape index (κ2) is 5.40. The van der Waals surface area contributed by atoms with Crippen LogP contribution in [-0.4, -0.2) is 0 Å². The Bertz CT molecular complexity index is 558. The predicted molar refractivity (Wildman–Crippen MR) is 67.1 cm³/mol. The molecule has 0 bridgehead atoms. The molecule has 1 N–H and O–H groups in total. The Balaban J connectivity index is 2.10. The van der Waals surface area contributed by atoms with Crippen LogP contribution in [0.3, 0.4) is 0 Å². The van der Waals surface area contributed by atoms with Crippen LogP contribution in [0.1, 0.15) is 5.56 Å². The Labute approximate surface area is 112 Å². The van der Waals surface area contributed by atoms with Gasteiger partial charge in [-0.1, -0.05) is 29.8 Å². The largest absolute Gasteiger partial charge is 0.416 e. The van der Waals surface area contributed by atoms with Crippen LogP contribution in [0.25, 0.3) is 0 Å². The van der Waals surface area contributed by atoms with Crippen LogP contribution in [-0.2, 0) is 6.18 Å². The van der Waals surface area contributed by atoms with Crippen molar-refractivity contribution in [3.63, 3.8) is 0 Å². The summed E-state index contributed by atoms with van der Waals surface area (Å²) in [6.07, 6.45) is -4.42. The topological polar surface area (TPSA) is 21.3 Å². The number of rotatable bonds is 3. The maximum atomic E-state index is 12.4. The van der Waals surface area contributed by atoms with Gasteiger partial charge in [-0.25, -0.2) is 5.48 Å². The van der Waals surface area contributed by atoms with Gasteiger partial charge in [-0.05, 0) is 30.3 Å². The Hall–Kier alpha value is -1.88. The first-order valence-corrected chi connectivity index (χ1v) is 5.69. The third-order valence-electron chi connectivity index (χ3n) is 2.31. The summed E-state index contributed by atoms with van der Waals surface area (Å²) in [5.74, 6) is 0.124. The van der Waals surface area contributed by atoms with E-state index in [9.17, 15) is 13.2 Å². The lowest BCUT2D eigenvalue weighted by Gasteiger charge is -2.11. The molecule has 6 heteroatoms. The summed E-state index contributed by atoms with van der Waals surface area (Å²) in [6, 6.07) is 11.8. The molecule has 0 aliphatic heterocycles. The summed E-state index contributed by atoms with van der Waals surface area (Å²) in [5, 5.41) is -0.113. The maximum absolute atomic E-state index is 12.4. The highest BCUT2D eigenvalue weighted by Gasteiger charge is 2.31. The molecule has 0 spiro atoms. The maximum Gasteiger partial charge on any atom is 0.416 e. The van der Waals surface area contributed by atoms with Crippen molar-refractivity contribution in [3.8, 4) is 5.75 Å². The van der Waals surface area contributed by atoms with E-state index in [1.54, 1.807) is 24.3 Å². The molecule has 0 aliphatic rings. The third kappa shape index (κ3) is 3.54. The number of para-hydroxylation sites is 1. The minimum atomic E-state index is -4.42. The molecule has 0 radical (unpaired) electrons. The average Bonchev–Trinajstić information content (AvgIpc) is 2.37. The molecular formula is C13H9ClF3NO. The fourth-order valence-corrected chi connectivity index (χ4v) is 1.60. The van der Waals surface area contributed by atoms with Gasteiger partial charge in [0, 0.05) is 0 Å². The van der Waals surface area contributed by atoms with Gasteiger partial charge in [-0.2, -0.15) is 13.2 Å². The van der Waals surface area contributed by atoms with Gasteiger partial charge in [0.15, 0.2) is 5.75 Å². The molecule has 0 saturated carbocycles. The summed E-state index contributed by atoms with van der Waals surface area (Å²) < 4.78 is 37.3. The van der Waals surface area contributed by atoms with Crippen molar-refractivity contribution >= 4 is 17.3 Å². The first-order chi connectivity index (χ1) is 8.97. The Kier molecular flexibility index (Phi) is 3.85. The van der Waals surface area contributed by atoms with E-state index in [0.29, 0.717) is 5.69 Å². The summed E-state index contributed by atoms with van der Waals surface area (Å²) in [5.41, 5.74) is 2.44. The zero-order valence-electron chi connectivity index (χ0n) is 9.54. The fraction of sp³-hybridized carbons (Fsp3) is 0.0769. The Morgan fingerprint density at radius 2 is 1.68 bits per heavy atom. The van der Waals surface area contributed by atoms with Crippen LogP contribution < -0.4 is 10.3 Å². The number of halogens is 4. The Morgan fingerprint density at radius 1 is 1.00 bits per heavy atom. The van der Waals surface area contributed by atoms with Crippen LogP contribution in [0.5, 0.6) is 5.75 Å². The summed E-state index contributed by atoms with van der Waals surface area (Å²) >= 11 is 5.74. The van der Waals surface area contributed by atoms with Gasteiger partial charge in [0.2, 0.25) is 0 Å². The molecule has 2 rings (SSSR count). The SMILES string of the molecule is FC(F)(F)c1ccc(ONc2ccccc2)c(Cl)c1. The molecule has 0 aliphatic carbocycles. The quantitative estimate of drug-likeness (QED) is 0.822. The van der Waals surface area contributed by atoms with E-state index >= 15 is 0 Å². The molecular weight excluding hydrogens is 279 g/mol. The zero-order chi connectivity index (χ0) is 13.9. The van der Waals surface area contributed by atoms with Gasteiger partial charge in [0.1, 0.15) is 0 Å². The summed E-state index contributed by atoms with van der Waals surface area (Å²) in [6.45, 7) is 0. The smallest absolute Gasteiger partial charge is 0.381 e. The van der Waals surface area contributed by atoms with Crippen molar-refractivity contribution in [1.29, 1.82) is 0 Å². The minimum absolute atomic E-state index is 0.113. The van der Waals surface area contributed by atoms with Crippen molar-refractivity contribution in [2.45, 2.75) is 6.18 Å². The van der Waals surface area contributed by atoms with Crippen molar-refractivity contribution in [2.24, 2.45) is 0 Å². The molecule has 2 nitrogen and oxygen atoms in total. The van der Waals surface area contributed by atoms with E-state index in [0.717, 1.165) is 12.1 Å². The van der Waals surface area contributed by atoms with Gasteiger partial charge in [-0.3, -0.25) is 0 Å². The molecule has 19 heavy (non-hydrogen) atoms. The molecule has 0 atom stereocenters. The number of benzene rings is 2. The monoisotopic (exact) mass is 287 g/mol. The van der Waals surface area contributed by atoms with E-state index in [1.165, 1.54) is 6.07 Å². The van der Waals surface area contributed by atoms with E-state index < -0.39 is 11.7 Å². The van der Waals surface area contributed by atoms with E-state index in [-0.39, 0.29) is 10.8 Å². The number of nitrogens with one attached hydrogen (secondary N) is 1. The first kappa shape index (κ1) is 13.5. The first-order valence-electron chi connectivity index (χ1n) is 5.31. The summed E-state index contributed by atoms with van der Waals surface area (Å²) in [4.78, 5) is 5.14. The van der Waals surface area contributed by atoms with Crippen molar-refractivity contribution in [2.75, 3.05) is 5.48 Å². The molecule has 0 fully saturated rings. The average molecular weight is 288 g/mol. The van der Waals surface area contributed by atoms with Crippen molar-refractivity contribution < 1.29 is 18.0 Å². The lowest BCUT2D eigenvalue weighted by molar-refractivity contribution is -0.137. The lowest BCUT2D eigenvalue weighted by atomic mass is 10.2. The van der Waals surface area contributed by atoms with E-state index in [1.807, 2.05) is 6.07 Å². The second-order valence-corrected chi connectivity index (χ2v) is 4.12. The molecule has 0 heterocycles. The predicted octanol–water partition coefficient (Wildman–Crippen LogP) is 4.76. The number of alkyl halides is 3. The van der Waals surface area contributed by atoms with Crippen molar-refractivity contribution in [1.82, 2.24) is 0 Å².